The number of carbonyl (C=O) groups is 1. The summed E-state index contributed by atoms with van der Waals surface area (Å²) in [4.78, 5) is 10.2. The van der Waals surface area contributed by atoms with Crippen molar-refractivity contribution in [1.82, 2.24) is 0 Å². The molecule has 5 heteroatoms. The minimum absolute atomic E-state index is 0.341. The molecule has 0 saturated carbocycles. The van der Waals surface area contributed by atoms with E-state index >= 15 is 0 Å². The topological polar surface area (TPSA) is 35.5 Å². The van der Waals surface area contributed by atoms with E-state index in [-0.39, 0.29) is 0 Å². The summed E-state index contributed by atoms with van der Waals surface area (Å²) in [6.45, 7) is 0. The van der Waals surface area contributed by atoms with E-state index in [1.807, 2.05) is 45.2 Å². The molecule has 0 bridgehead atoms. The number of hydrogen-bond acceptors (Lipinski definition) is 3. The molecule has 0 fully saturated rings. The normalized spacial score (nSPS) is 8.25. The van der Waals surface area contributed by atoms with Crippen LogP contribution in [0.3, 0.4) is 0 Å². The average molecular weight is 342 g/mol. The van der Waals surface area contributed by atoms with Crippen molar-refractivity contribution in [2.75, 3.05) is 9.23 Å². The van der Waals surface area contributed by atoms with Crippen LogP contribution in [0.25, 0.3) is 0 Å². The van der Waals surface area contributed by atoms with Gasteiger partial charge in [0.05, 0.1) is 0 Å². The molecule has 0 saturated heterocycles. The Bertz CT molecular complexity index is 66.9. The van der Waals surface area contributed by atoms with Crippen molar-refractivity contribution in [1.29, 1.82) is 0 Å². The molecule has 0 rings (SSSR count). The number of carbonyl (C=O) groups excluding carboxylic acids is 1. The highest BCUT2D eigenvalue weighted by molar-refractivity contribution is 14.1. The van der Waals surface area contributed by atoms with Gasteiger partial charge in [0, 0.05) is 0 Å². The van der Waals surface area contributed by atoms with Crippen molar-refractivity contribution < 1.29 is 14.3 Å². The first kappa shape index (κ1) is 8.73. The van der Waals surface area contributed by atoms with Crippen LogP contribution in [-0.2, 0) is 9.47 Å². The van der Waals surface area contributed by atoms with Crippen LogP contribution >= 0.6 is 45.2 Å². The Labute approximate surface area is 74.4 Å². The molecule has 3 nitrogen and oxygen atoms in total. The Morgan fingerprint density at radius 3 is 1.88 bits per heavy atom. The van der Waals surface area contributed by atoms with Gasteiger partial charge in [-0.3, -0.25) is 0 Å². The maximum atomic E-state index is 10.2. The molecular weight excluding hydrogens is 338 g/mol. The number of halogens is 2. The third-order valence-corrected chi connectivity index (χ3v) is 0.968. The summed E-state index contributed by atoms with van der Waals surface area (Å²) in [5.41, 5.74) is 0. The summed E-state index contributed by atoms with van der Waals surface area (Å²) >= 11 is 3.83. The Hall–Kier alpha value is 0.730. The van der Waals surface area contributed by atoms with Crippen LogP contribution in [0.4, 0.5) is 4.79 Å². The SMILES string of the molecule is O=C(OCI)OCI. The molecule has 0 atom stereocenters. The van der Waals surface area contributed by atoms with Gasteiger partial charge in [0.1, 0.15) is 9.23 Å². The quantitative estimate of drug-likeness (QED) is 0.437. The van der Waals surface area contributed by atoms with Gasteiger partial charge in [-0.05, 0) is 45.2 Å². The zero-order valence-corrected chi connectivity index (χ0v) is 8.21. The second kappa shape index (κ2) is 5.86. The lowest BCUT2D eigenvalue weighted by atomic mass is 11.3. The molecule has 0 aromatic carbocycles. The van der Waals surface area contributed by atoms with Gasteiger partial charge in [-0.1, -0.05) is 0 Å². The van der Waals surface area contributed by atoms with E-state index in [1.54, 1.807) is 0 Å². The van der Waals surface area contributed by atoms with Crippen molar-refractivity contribution in [3.63, 3.8) is 0 Å². The van der Waals surface area contributed by atoms with E-state index in [0.29, 0.717) is 9.23 Å². The zero-order valence-electron chi connectivity index (χ0n) is 3.89. The third-order valence-electron chi connectivity index (χ3n) is 0.345. The second-order valence-electron chi connectivity index (χ2n) is 0.757. The van der Waals surface area contributed by atoms with Crippen molar-refractivity contribution in [3.8, 4) is 0 Å². The molecule has 0 aliphatic rings. The van der Waals surface area contributed by atoms with Crippen molar-refractivity contribution >= 4 is 51.3 Å². The molecule has 0 spiro atoms. The summed E-state index contributed by atoms with van der Waals surface area (Å²) in [5, 5.41) is 0. The van der Waals surface area contributed by atoms with Crippen LogP contribution in [-0.4, -0.2) is 15.4 Å². The van der Waals surface area contributed by atoms with Crippen LogP contribution < -0.4 is 0 Å². The predicted molar refractivity (Wildman–Crippen MR) is 45.3 cm³/mol. The van der Waals surface area contributed by atoms with Gasteiger partial charge in [-0.15, -0.1) is 0 Å². The fourth-order valence-electron chi connectivity index (χ4n) is 0.131. The van der Waals surface area contributed by atoms with Crippen LogP contribution in [0.5, 0.6) is 0 Å². The molecule has 0 radical (unpaired) electrons. The van der Waals surface area contributed by atoms with Gasteiger partial charge in [0.2, 0.25) is 0 Å². The molecular formula is C3H4I2O3. The third kappa shape index (κ3) is 4.88. The highest BCUT2D eigenvalue weighted by Crippen LogP contribution is 1.91. The van der Waals surface area contributed by atoms with Crippen LogP contribution in [0.2, 0.25) is 0 Å². The van der Waals surface area contributed by atoms with Gasteiger partial charge in [0.25, 0.3) is 0 Å². The lowest BCUT2D eigenvalue weighted by molar-refractivity contribution is 0.0881. The number of alkyl halides is 2. The van der Waals surface area contributed by atoms with Crippen molar-refractivity contribution in [2.45, 2.75) is 0 Å². The fourth-order valence-corrected chi connectivity index (χ4v) is 0.639. The van der Waals surface area contributed by atoms with Crippen LogP contribution in [0.15, 0.2) is 0 Å². The molecule has 0 aliphatic heterocycles. The summed E-state index contributed by atoms with van der Waals surface area (Å²) in [7, 11) is 0. The zero-order chi connectivity index (χ0) is 6.41. The van der Waals surface area contributed by atoms with Gasteiger partial charge in [-0.25, -0.2) is 4.79 Å². The minimum Gasteiger partial charge on any atom is -0.424 e. The monoisotopic (exact) mass is 342 g/mol. The summed E-state index contributed by atoms with van der Waals surface area (Å²) in [5.74, 6) is 0. The Balaban J connectivity index is 3.06. The van der Waals surface area contributed by atoms with Crippen molar-refractivity contribution in [3.05, 3.63) is 0 Å². The lowest BCUT2D eigenvalue weighted by Crippen LogP contribution is -2.03. The van der Waals surface area contributed by atoms with Gasteiger partial charge in [0.15, 0.2) is 0 Å². The largest absolute Gasteiger partial charge is 0.509 e. The molecule has 0 heterocycles. The van der Waals surface area contributed by atoms with Gasteiger partial charge >= 0.3 is 6.16 Å². The molecule has 0 aliphatic carbocycles. The highest BCUT2D eigenvalue weighted by atomic mass is 127. The first-order chi connectivity index (χ1) is 3.81. The maximum absolute atomic E-state index is 10.2. The lowest BCUT2D eigenvalue weighted by Gasteiger charge is -1.96. The van der Waals surface area contributed by atoms with E-state index in [1.165, 1.54) is 0 Å². The van der Waals surface area contributed by atoms with E-state index in [4.69, 9.17) is 0 Å². The number of hydrogen-bond donors (Lipinski definition) is 0. The van der Waals surface area contributed by atoms with Crippen LogP contribution in [0.1, 0.15) is 0 Å². The minimum atomic E-state index is -0.603. The first-order valence-electron chi connectivity index (χ1n) is 1.72. The standard InChI is InChI=1S/C3H4I2O3/c4-1-7-3(6)8-2-5/h1-2H2. The molecule has 0 aromatic heterocycles. The summed E-state index contributed by atoms with van der Waals surface area (Å²) in [6.07, 6.45) is -0.603. The van der Waals surface area contributed by atoms with E-state index in [9.17, 15) is 4.79 Å². The molecule has 0 aromatic rings. The van der Waals surface area contributed by atoms with Gasteiger partial charge < -0.3 is 9.47 Å². The first-order valence-corrected chi connectivity index (χ1v) is 4.78. The number of ether oxygens (including phenoxy) is 2. The Morgan fingerprint density at radius 1 is 1.25 bits per heavy atom. The molecule has 0 unspecified atom stereocenters. The Kier molecular flexibility index (Phi) is 6.39. The summed E-state index contributed by atoms with van der Waals surface area (Å²) < 4.78 is 9.49. The molecule has 8 heavy (non-hydrogen) atoms. The average Bonchev–Trinajstić information content (AvgIpc) is 1.68. The Morgan fingerprint density at radius 2 is 1.62 bits per heavy atom. The van der Waals surface area contributed by atoms with Crippen molar-refractivity contribution in [2.24, 2.45) is 0 Å². The smallest absolute Gasteiger partial charge is 0.424 e. The summed E-state index contributed by atoms with van der Waals surface area (Å²) in [6, 6.07) is 0. The molecule has 0 amide bonds. The van der Waals surface area contributed by atoms with E-state index in [0.717, 1.165) is 0 Å². The molecule has 0 N–H and O–H groups in total. The van der Waals surface area contributed by atoms with E-state index < -0.39 is 6.16 Å². The van der Waals surface area contributed by atoms with Crippen LogP contribution in [0, 0.1) is 0 Å². The second-order valence-corrected chi connectivity index (χ2v) is 2.00. The number of rotatable bonds is 2. The fraction of sp³-hybridized carbons (Fsp3) is 0.667. The predicted octanol–water partition coefficient (Wildman–Crippen LogP) is 1.92. The van der Waals surface area contributed by atoms with Gasteiger partial charge in [-0.2, -0.15) is 0 Å². The van der Waals surface area contributed by atoms with E-state index in [2.05, 4.69) is 9.47 Å². The molecule has 48 valence electrons. The maximum Gasteiger partial charge on any atom is 0.509 e. The highest BCUT2D eigenvalue weighted by Gasteiger charge is 1.97.